The highest BCUT2D eigenvalue weighted by Gasteiger charge is 2.32. The van der Waals surface area contributed by atoms with Crippen molar-refractivity contribution in [2.45, 2.75) is 19.3 Å². The highest BCUT2D eigenvalue weighted by molar-refractivity contribution is 9.10. The van der Waals surface area contributed by atoms with Gasteiger partial charge in [-0.2, -0.15) is 0 Å². The van der Waals surface area contributed by atoms with Crippen molar-refractivity contribution in [3.63, 3.8) is 0 Å². The SMILES string of the molecule is Fc1ccc(Br)c(CC2(CBr)CCCOC2)c1. The molecule has 1 heterocycles. The molecule has 2 rings (SSSR count). The van der Waals surface area contributed by atoms with Gasteiger partial charge >= 0.3 is 0 Å². The lowest BCUT2D eigenvalue weighted by Gasteiger charge is -2.36. The van der Waals surface area contributed by atoms with Gasteiger partial charge in [0.05, 0.1) is 6.61 Å². The first-order valence-electron chi connectivity index (χ1n) is 5.73. The van der Waals surface area contributed by atoms with E-state index in [1.165, 1.54) is 6.07 Å². The second-order valence-corrected chi connectivity index (χ2v) is 6.12. The number of ether oxygens (including phenoxy) is 1. The number of alkyl halides is 1. The van der Waals surface area contributed by atoms with Crippen LogP contribution in [-0.4, -0.2) is 18.5 Å². The zero-order valence-electron chi connectivity index (χ0n) is 9.52. The molecule has 17 heavy (non-hydrogen) atoms. The second-order valence-electron chi connectivity index (χ2n) is 4.70. The minimum Gasteiger partial charge on any atom is -0.381 e. The normalized spacial score (nSPS) is 24.9. The van der Waals surface area contributed by atoms with Crippen LogP contribution in [0, 0.1) is 11.2 Å². The summed E-state index contributed by atoms with van der Waals surface area (Å²) in [7, 11) is 0. The van der Waals surface area contributed by atoms with Crippen molar-refractivity contribution in [3.05, 3.63) is 34.1 Å². The van der Waals surface area contributed by atoms with Crippen LogP contribution >= 0.6 is 31.9 Å². The Morgan fingerprint density at radius 3 is 2.88 bits per heavy atom. The molecule has 4 heteroatoms. The van der Waals surface area contributed by atoms with E-state index in [-0.39, 0.29) is 11.2 Å². The van der Waals surface area contributed by atoms with Crippen molar-refractivity contribution in [2.24, 2.45) is 5.41 Å². The highest BCUT2D eigenvalue weighted by Crippen LogP contribution is 2.36. The topological polar surface area (TPSA) is 9.23 Å². The summed E-state index contributed by atoms with van der Waals surface area (Å²) in [6.07, 6.45) is 3.05. The zero-order valence-corrected chi connectivity index (χ0v) is 12.7. The number of hydrogen-bond acceptors (Lipinski definition) is 1. The number of rotatable bonds is 3. The molecular weight excluding hydrogens is 351 g/mol. The Hall–Kier alpha value is 0.0700. The maximum atomic E-state index is 13.3. The van der Waals surface area contributed by atoms with Gasteiger partial charge in [-0.3, -0.25) is 0 Å². The summed E-state index contributed by atoms with van der Waals surface area (Å²) >= 11 is 7.07. The maximum absolute atomic E-state index is 13.3. The predicted molar refractivity (Wildman–Crippen MR) is 74.1 cm³/mol. The average Bonchev–Trinajstić information content (AvgIpc) is 2.35. The van der Waals surface area contributed by atoms with Crippen LogP contribution in [0.15, 0.2) is 22.7 Å². The molecule has 0 amide bonds. The lowest BCUT2D eigenvalue weighted by Crippen LogP contribution is -2.35. The van der Waals surface area contributed by atoms with Crippen LogP contribution in [0.2, 0.25) is 0 Å². The summed E-state index contributed by atoms with van der Waals surface area (Å²) in [6, 6.07) is 4.87. The van der Waals surface area contributed by atoms with Crippen LogP contribution in [0.5, 0.6) is 0 Å². The molecule has 0 aliphatic carbocycles. The van der Waals surface area contributed by atoms with Gasteiger partial charge in [0.2, 0.25) is 0 Å². The summed E-state index contributed by atoms with van der Waals surface area (Å²) in [5.41, 5.74) is 1.13. The van der Waals surface area contributed by atoms with Gasteiger partial charge in [0, 0.05) is 21.8 Å². The van der Waals surface area contributed by atoms with Crippen LogP contribution < -0.4 is 0 Å². The summed E-state index contributed by atoms with van der Waals surface area (Å²) in [4.78, 5) is 0. The third kappa shape index (κ3) is 3.30. The number of hydrogen-bond donors (Lipinski definition) is 0. The van der Waals surface area contributed by atoms with Crippen LogP contribution in [-0.2, 0) is 11.2 Å². The molecule has 1 aromatic rings. The Morgan fingerprint density at radius 1 is 1.41 bits per heavy atom. The van der Waals surface area contributed by atoms with Gasteiger partial charge in [0.25, 0.3) is 0 Å². The van der Waals surface area contributed by atoms with E-state index in [4.69, 9.17) is 4.74 Å². The van der Waals surface area contributed by atoms with Gasteiger partial charge in [0.15, 0.2) is 0 Å². The molecule has 0 saturated carbocycles. The Labute approximate surface area is 118 Å². The van der Waals surface area contributed by atoms with Gasteiger partial charge < -0.3 is 4.74 Å². The molecule has 1 aromatic carbocycles. The molecule has 1 fully saturated rings. The molecule has 1 atom stereocenters. The van der Waals surface area contributed by atoms with E-state index in [0.717, 1.165) is 47.8 Å². The molecule has 0 bridgehead atoms. The predicted octanol–water partition coefficient (Wildman–Crippen LogP) is 4.32. The average molecular weight is 366 g/mol. The van der Waals surface area contributed by atoms with E-state index in [0.29, 0.717) is 0 Å². The lowest BCUT2D eigenvalue weighted by molar-refractivity contribution is 0.00604. The third-order valence-corrected chi connectivity index (χ3v) is 5.22. The van der Waals surface area contributed by atoms with Crippen LogP contribution in [0.25, 0.3) is 0 Å². The molecule has 1 aliphatic rings. The quantitative estimate of drug-likeness (QED) is 0.724. The van der Waals surface area contributed by atoms with E-state index in [9.17, 15) is 4.39 Å². The molecular formula is C13H15Br2FO. The minimum atomic E-state index is -0.176. The Bertz CT molecular complexity index is 389. The van der Waals surface area contributed by atoms with E-state index in [2.05, 4.69) is 31.9 Å². The van der Waals surface area contributed by atoms with Crippen molar-refractivity contribution in [1.29, 1.82) is 0 Å². The summed E-state index contributed by atoms with van der Waals surface area (Å²) in [5, 5.41) is 0.892. The first kappa shape index (κ1) is 13.5. The van der Waals surface area contributed by atoms with Crippen molar-refractivity contribution in [3.8, 4) is 0 Å². The van der Waals surface area contributed by atoms with Gasteiger partial charge in [-0.05, 0) is 43.0 Å². The van der Waals surface area contributed by atoms with E-state index >= 15 is 0 Å². The summed E-state index contributed by atoms with van der Waals surface area (Å²) in [6.45, 7) is 1.60. The molecule has 1 unspecified atom stereocenters. The molecule has 1 aliphatic heterocycles. The van der Waals surface area contributed by atoms with Crippen LogP contribution in [0.1, 0.15) is 18.4 Å². The maximum Gasteiger partial charge on any atom is 0.123 e. The van der Waals surface area contributed by atoms with Crippen LogP contribution in [0.3, 0.4) is 0 Å². The Kier molecular flexibility index (Phi) is 4.61. The fraction of sp³-hybridized carbons (Fsp3) is 0.538. The largest absolute Gasteiger partial charge is 0.381 e. The molecule has 94 valence electrons. The van der Waals surface area contributed by atoms with Crippen LogP contribution in [0.4, 0.5) is 4.39 Å². The van der Waals surface area contributed by atoms with Gasteiger partial charge in [-0.25, -0.2) is 4.39 Å². The first-order valence-corrected chi connectivity index (χ1v) is 7.64. The smallest absolute Gasteiger partial charge is 0.123 e. The van der Waals surface area contributed by atoms with Crippen molar-refractivity contribution < 1.29 is 9.13 Å². The zero-order chi connectivity index (χ0) is 12.3. The van der Waals surface area contributed by atoms with E-state index in [1.54, 1.807) is 12.1 Å². The van der Waals surface area contributed by atoms with Gasteiger partial charge in [-0.1, -0.05) is 31.9 Å². The lowest BCUT2D eigenvalue weighted by atomic mass is 9.79. The second kappa shape index (κ2) is 5.81. The first-order chi connectivity index (χ1) is 8.15. The van der Waals surface area contributed by atoms with Crippen molar-refractivity contribution in [1.82, 2.24) is 0 Å². The van der Waals surface area contributed by atoms with Crippen molar-refractivity contribution in [2.75, 3.05) is 18.5 Å². The highest BCUT2D eigenvalue weighted by atomic mass is 79.9. The fourth-order valence-corrected chi connectivity index (χ4v) is 3.31. The Morgan fingerprint density at radius 2 is 2.24 bits per heavy atom. The standard InChI is InChI=1S/C13H15Br2FO/c14-8-13(4-1-5-17-9-13)7-10-6-11(16)2-3-12(10)15/h2-3,6H,1,4-5,7-9H2. The fourth-order valence-electron chi connectivity index (χ4n) is 2.28. The third-order valence-electron chi connectivity index (χ3n) is 3.26. The molecule has 0 aromatic heterocycles. The minimum absolute atomic E-state index is 0.106. The van der Waals surface area contributed by atoms with E-state index in [1.807, 2.05) is 0 Å². The molecule has 0 N–H and O–H groups in total. The summed E-state index contributed by atoms with van der Waals surface area (Å²) in [5.74, 6) is -0.176. The molecule has 0 radical (unpaired) electrons. The number of benzene rings is 1. The molecule has 0 spiro atoms. The summed E-state index contributed by atoms with van der Waals surface area (Å²) < 4.78 is 19.8. The Balaban J connectivity index is 2.20. The van der Waals surface area contributed by atoms with Gasteiger partial charge in [0.1, 0.15) is 5.82 Å². The van der Waals surface area contributed by atoms with E-state index < -0.39 is 0 Å². The molecule has 1 nitrogen and oxygen atoms in total. The molecule has 1 saturated heterocycles. The number of halogens is 3. The van der Waals surface area contributed by atoms with Crippen molar-refractivity contribution >= 4 is 31.9 Å². The van der Waals surface area contributed by atoms with Gasteiger partial charge in [-0.15, -0.1) is 0 Å². The monoisotopic (exact) mass is 364 g/mol.